The minimum Gasteiger partial charge on any atom is -0.399 e. The molecule has 0 aliphatic carbocycles. The molecule has 0 spiro atoms. The predicted octanol–water partition coefficient (Wildman–Crippen LogP) is 2.67. The molecule has 0 atom stereocenters. The van der Waals surface area contributed by atoms with Crippen molar-refractivity contribution in [1.82, 2.24) is 0 Å². The number of Topliss-reactive ketones (excluding diaryl/α,β-unsaturated/α-hetero) is 1. The maximum absolute atomic E-state index is 11.7. The Balaban J connectivity index is 2.47. The molecule has 15 heavy (non-hydrogen) atoms. The van der Waals surface area contributed by atoms with Gasteiger partial charge in [-0.05, 0) is 13.3 Å². The molecular weight excluding hydrogens is 190 g/mol. The topological polar surface area (TPSA) is 38.7 Å². The Labute approximate surface area is 89.7 Å². The molecule has 3 heteroatoms. The molecule has 0 N–H and O–H groups in total. The summed E-state index contributed by atoms with van der Waals surface area (Å²) in [5, 5.41) is 3.75. The largest absolute Gasteiger partial charge is 0.399 e. The second kappa shape index (κ2) is 5.96. The molecule has 3 nitrogen and oxygen atoms in total. The Morgan fingerprint density at radius 1 is 1.27 bits per heavy atom. The highest BCUT2D eigenvalue weighted by molar-refractivity contribution is 5.98. The number of rotatable bonds is 5. The van der Waals surface area contributed by atoms with Gasteiger partial charge in [-0.3, -0.25) is 4.79 Å². The van der Waals surface area contributed by atoms with Crippen molar-refractivity contribution in [3.8, 4) is 0 Å². The monoisotopic (exact) mass is 205 g/mol. The number of hydrogen-bond donors (Lipinski definition) is 0. The van der Waals surface area contributed by atoms with Crippen LogP contribution in [-0.4, -0.2) is 18.6 Å². The molecule has 0 radical (unpaired) electrons. The lowest BCUT2D eigenvalue weighted by Gasteiger charge is -2.00. The molecule has 0 aliphatic heterocycles. The van der Waals surface area contributed by atoms with Crippen molar-refractivity contribution in [2.75, 3.05) is 7.11 Å². The maximum atomic E-state index is 11.7. The van der Waals surface area contributed by atoms with E-state index in [-0.39, 0.29) is 5.78 Å². The molecule has 0 saturated heterocycles. The molecule has 0 saturated carbocycles. The molecule has 0 amide bonds. The SMILES string of the molecule is CON=C(C)CCC(=O)c1ccccc1. The first-order valence-electron chi connectivity index (χ1n) is 4.89. The van der Waals surface area contributed by atoms with Crippen LogP contribution in [0.5, 0.6) is 0 Å². The fraction of sp³-hybridized carbons (Fsp3) is 0.333. The normalized spacial score (nSPS) is 11.2. The van der Waals surface area contributed by atoms with Gasteiger partial charge < -0.3 is 4.84 Å². The van der Waals surface area contributed by atoms with Gasteiger partial charge in [0.1, 0.15) is 7.11 Å². The third-order valence-electron chi connectivity index (χ3n) is 2.06. The van der Waals surface area contributed by atoms with Gasteiger partial charge in [-0.1, -0.05) is 35.5 Å². The quantitative estimate of drug-likeness (QED) is 0.421. The van der Waals surface area contributed by atoms with E-state index in [2.05, 4.69) is 9.99 Å². The average Bonchev–Trinajstić information content (AvgIpc) is 2.27. The Hall–Kier alpha value is -1.64. The molecule has 0 bridgehead atoms. The summed E-state index contributed by atoms with van der Waals surface area (Å²) in [6.07, 6.45) is 1.12. The van der Waals surface area contributed by atoms with Crippen molar-refractivity contribution in [1.29, 1.82) is 0 Å². The van der Waals surface area contributed by atoms with Gasteiger partial charge in [0.05, 0.1) is 5.71 Å². The lowest BCUT2D eigenvalue weighted by Crippen LogP contribution is -2.02. The number of benzene rings is 1. The molecule has 0 aromatic heterocycles. The summed E-state index contributed by atoms with van der Waals surface area (Å²) >= 11 is 0. The third kappa shape index (κ3) is 3.94. The second-order valence-corrected chi connectivity index (χ2v) is 3.30. The summed E-state index contributed by atoms with van der Waals surface area (Å²) in [7, 11) is 1.50. The van der Waals surface area contributed by atoms with Gasteiger partial charge in [0.2, 0.25) is 0 Å². The van der Waals surface area contributed by atoms with Crippen LogP contribution in [0.3, 0.4) is 0 Å². The van der Waals surface area contributed by atoms with Gasteiger partial charge in [0, 0.05) is 12.0 Å². The fourth-order valence-electron chi connectivity index (χ4n) is 1.26. The van der Waals surface area contributed by atoms with E-state index < -0.39 is 0 Å². The summed E-state index contributed by atoms with van der Waals surface area (Å²) in [5.41, 5.74) is 1.59. The van der Waals surface area contributed by atoms with Crippen molar-refractivity contribution in [3.05, 3.63) is 35.9 Å². The van der Waals surface area contributed by atoms with E-state index in [4.69, 9.17) is 0 Å². The van der Waals surface area contributed by atoms with E-state index >= 15 is 0 Å². The number of nitrogens with zero attached hydrogens (tertiary/aromatic N) is 1. The highest BCUT2D eigenvalue weighted by atomic mass is 16.6. The van der Waals surface area contributed by atoms with Crippen LogP contribution < -0.4 is 0 Å². The summed E-state index contributed by atoms with van der Waals surface area (Å²) in [6, 6.07) is 9.28. The minimum atomic E-state index is 0.140. The summed E-state index contributed by atoms with van der Waals surface area (Å²) in [6.45, 7) is 1.85. The Morgan fingerprint density at radius 2 is 1.93 bits per heavy atom. The molecular formula is C12H15NO2. The summed E-state index contributed by atoms with van der Waals surface area (Å²) in [4.78, 5) is 16.3. The van der Waals surface area contributed by atoms with Gasteiger partial charge >= 0.3 is 0 Å². The molecule has 1 aromatic rings. The number of carbonyl (C=O) groups is 1. The van der Waals surface area contributed by atoms with Gasteiger partial charge in [-0.15, -0.1) is 0 Å². The van der Waals surface area contributed by atoms with Crippen molar-refractivity contribution >= 4 is 11.5 Å². The Bertz CT molecular complexity index is 344. The Morgan fingerprint density at radius 3 is 2.53 bits per heavy atom. The zero-order valence-corrected chi connectivity index (χ0v) is 9.06. The van der Waals surface area contributed by atoms with Crippen molar-refractivity contribution in [3.63, 3.8) is 0 Å². The first-order valence-corrected chi connectivity index (χ1v) is 4.89. The number of hydrogen-bond acceptors (Lipinski definition) is 3. The fourth-order valence-corrected chi connectivity index (χ4v) is 1.26. The highest BCUT2D eigenvalue weighted by Crippen LogP contribution is 2.05. The smallest absolute Gasteiger partial charge is 0.163 e. The van der Waals surface area contributed by atoms with E-state index in [0.717, 1.165) is 11.3 Å². The van der Waals surface area contributed by atoms with E-state index in [9.17, 15) is 4.79 Å². The van der Waals surface area contributed by atoms with Crippen molar-refractivity contribution in [2.24, 2.45) is 5.16 Å². The van der Waals surface area contributed by atoms with Crippen molar-refractivity contribution < 1.29 is 9.63 Å². The maximum Gasteiger partial charge on any atom is 0.163 e. The predicted molar refractivity (Wildman–Crippen MR) is 60.1 cm³/mol. The van der Waals surface area contributed by atoms with Crippen LogP contribution in [0.25, 0.3) is 0 Å². The lowest BCUT2D eigenvalue weighted by atomic mass is 10.1. The molecule has 0 aliphatic rings. The van der Waals surface area contributed by atoms with Crippen LogP contribution in [0.1, 0.15) is 30.1 Å². The van der Waals surface area contributed by atoms with E-state index in [1.54, 1.807) is 0 Å². The molecule has 0 unspecified atom stereocenters. The highest BCUT2D eigenvalue weighted by Gasteiger charge is 2.05. The van der Waals surface area contributed by atoms with E-state index in [1.165, 1.54) is 7.11 Å². The zero-order chi connectivity index (χ0) is 11.1. The number of oxime groups is 1. The molecule has 1 rings (SSSR count). The third-order valence-corrected chi connectivity index (χ3v) is 2.06. The summed E-state index contributed by atoms with van der Waals surface area (Å²) in [5.74, 6) is 0.140. The molecule has 0 fully saturated rings. The zero-order valence-electron chi connectivity index (χ0n) is 9.06. The first kappa shape index (κ1) is 11.4. The standard InChI is InChI=1S/C12H15NO2/c1-10(13-15-2)8-9-12(14)11-6-4-3-5-7-11/h3-7H,8-9H2,1-2H3. The molecule has 1 aromatic carbocycles. The van der Waals surface area contributed by atoms with Crippen LogP contribution >= 0.6 is 0 Å². The second-order valence-electron chi connectivity index (χ2n) is 3.30. The van der Waals surface area contributed by atoms with Crippen LogP contribution in [-0.2, 0) is 4.84 Å². The number of ketones is 1. The molecule has 80 valence electrons. The summed E-state index contributed by atoms with van der Waals surface area (Å²) < 4.78 is 0. The van der Waals surface area contributed by atoms with Crippen molar-refractivity contribution in [2.45, 2.75) is 19.8 Å². The van der Waals surface area contributed by atoms with Gasteiger partial charge in [-0.2, -0.15) is 0 Å². The van der Waals surface area contributed by atoms with E-state index in [1.807, 2.05) is 37.3 Å². The van der Waals surface area contributed by atoms with Crippen LogP contribution in [0.4, 0.5) is 0 Å². The molecule has 0 heterocycles. The van der Waals surface area contributed by atoms with Gasteiger partial charge in [0.25, 0.3) is 0 Å². The number of carbonyl (C=O) groups excluding carboxylic acids is 1. The van der Waals surface area contributed by atoms with E-state index in [0.29, 0.717) is 12.8 Å². The minimum absolute atomic E-state index is 0.140. The Kier molecular flexibility index (Phi) is 4.54. The lowest BCUT2D eigenvalue weighted by molar-refractivity contribution is 0.0984. The van der Waals surface area contributed by atoms with Crippen LogP contribution in [0.15, 0.2) is 35.5 Å². The average molecular weight is 205 g/mol. The van der Waals surface area contributed by atoms with Gasteiger partial charge in [-0.25, -0.2) is 0 Å². The first-order chi connectivity index (χ1) is 7.24. The van der Waals surface area contributed by atoms with Crippen LogP contribution in [0, 0.1) is 0 Å². The van der Waals surface area contributed by atoms with Gasteiger partial charge in [0.15, 0.2) is 5.78 Å². The van der Waals surface area contributed by atoms with Crippen LogP contribution in [0.2, 0.25) is 0 Å².